The number of nitrogens with two attached hydrogens (primary N) is 1. The van der Waals surface area contributed by atoms with Crippen molar-refractivity contribution in [2.75, 3.05) is 6.54 Å². The van der Waals surface area contributed by atoms with Crippen LogP contribution in [-0.2, 0) is 10.0 Å². The fourth-order valence-electron chi connectivity index (χ4n) is 1.87. The van der Waals surface area contributed by atoms with Gasteiger partial charge < -0.3 is 5.73 Å². The maximum Gasteiger partial charge on any atom is 0.304 e. The summed E-state index contributed by atoms with van der Waals surface area (Å²) in [6.45, 7) is 3.67. The summed E-state index contributed by atoms with van der Waals surface area (Å²) in [4.78, 5) is 9.25. The molecule has 0 unspecified atom stereocenters. The molecule has 0 amide bonds. The first-order chi connectivity index (χ1) is 9.71. The highest BCUT2D eigenvalue weighted by molar-refractivity contribution is 7.89. The Morgan fingerprint density at radius 2 is 1.95 bits per heavy atom. The molecule has 0 saturated carbocycles. The van der Waals surface area contributed by atoms with Crippen LogP contribution in [-0.4, -0.2) is 25.4 Å². The Hall–Kier alpha value is -1.58. The van der Waals surface area contributed by atoms with E-state index in [1.54, 1.807) is 13.8 Å². The van der Waals surface area contributed by atoms with Gasteiger partial charge in [0.15, 0.2) is 0 Å². The quantitative estimate of drug-likeness (QED) is 0.584. The van der Waals surface area contributed by atoms with Crippen LogP contribution < -0.4 is 10.5 Å². The lowest BCUT2D eigenvalue weighted by Crippen LogP contribution is -2.52. The largest absolute Gasteiger partial charge is 0.329 e. The van der Waals surface area contributed by atoms with Crippen LogP contribution in [0.5, 0.6) is 0 Å². The van der Waals surface area contributed by atoms with E-state index in [1.807, 2.05) is 0 Å². The van der Waals surface area contributed by atoms with Crippen molar-refractivity contribution in [3.8, 4) is 0 Å². The van der Waals surface area contributed by atoms with Crippen molar-refractivity contribution < 1.29 is 17.7 Å². The SMILES string of the molecule is CCC(CC)(CN)NS(=O)(=O)c1ccc([N+](=O)[O-])c(F)c1. The molecule has 0 radical (unpaired) electrons. The van der Waals surface area contributed by atoms with Gasteiger partial charge in [0.1, 0.15) is 0 Å². The van der Waals surface area contributed by atoms with Crippen LogP contribution in [0.15, 0.2) is 23.1 Å². The van der Waals surface area contributed by atoms with E-state index in [1.165, 1.54) is 0 Å². The molecule has 7 nitrogen and oxygen atoms in total. The molecule has 0 aliphatic rings. The van der Waals surface area contributed by atoms with E-state index >= 15 is 0 Å². The fourth-order valence-corrected chi connectivity index (χ4v) is 3.44. The van der Waals surface area contributed by atoms with Gasteiger partial charge in [-0.25, -0.2) is 13.1 Å². The molecule has 3 N–H and O–H groups in total. The third-order valence-electron chi connectivity index (χ3n) is 3.52. The second kappa shape index (κ2) is 6.46. The van der Waals surface area contributed by atoms with Gasteiger partial charge in [0, 0.05) is 24.2 Å². The first kappa shape index (κ1) is 17.5. The van der Waals surface area contributed by atoms with Gasteiger partial charge >= 0.3 is 5.69 Å². The number of nitro groups is 1. The van der Waals surface area contributed by atoms with Crippen molar-refractivity contribution in [3.05, 3.63) is 34.1 Å². The van der Waals surface area contributed by atoms with Crippen molar-refractivity contribution in [2.24, 2.45) is 5.73 Å². The Labute approximate surface area is 122 Å². The summed E-state index contributed by atoms with van der Waals surface area (Å²) in [5.41, 5.74) is 4.02. The van der Waals surface area contributed by atoms with Crippen LogP contribution in [0.3, 0.4) is 0 Å². The topological polar surface area (TPSA) is 115 Å². The summed E-state index contributed by atoms with van der Waals surface area (Å²) in [5.74, 6) is -1.20. The van der Waals surface area contributed by atoms with Crippen molar-refractivity contribution in [2.45, 2.75) is 37.1 Å². The monoisotopic (exact) mass is 319 g/mol. The number of nitro benzene ring substituents is 1. The normalized spacial score (nSPS) is 12.4. The smallest absolute Gasteiger partial charge is 0.304 e. The van der Waals surface area contributed by atoms with E-state index in [2.05, 4.69) is 4.72 Å². The second-order valence-electron chi connectivity index (χ2n) is 4.67. The Balaban J connectivity index is 3.20. The molecule has 0 fully saturated rings. The molecule has 9 heteroatoms. The van der Waals surface area contributed by atoms with Crippen LogP contribution in [0.1, 0.15) is 26.7 Å². The van der Waals surface area contributed by atoms with E-state index in [-0.39, 0.29) is 11.4 Å². The number of hydrogen-bond acceptors (Lipinski definition) is 5. The van der Waals surface area contributed by atoms with E-state index < -0.39 is 32.0 Å². The average Bonchev–Trinajstić information content (AvgIpc) is 2.44. The van der Waals surface area contributed by atoms with Gasteiger partial charge in [-0.3, -0.25) is 10.1 Å². The summed E-state index contributed by atoms with van der Waals surface area (Å²) in [6.07, 6.45) is 0.934. The number of rotatable bonds is 7. The molecule has 0 heterocycles. The minimum absolute atomic E-state index is 0.0920. The third-order valence-corrected chi connectivity index (χ3v) is 5.10. The standard InChI is InChI=1S/C12H18FN3O4S/c1-3-12(4-2,8-14)15-21(19,20)9-5-6-11(16(17)18)10(13)7-9/h5-7,15H,3-4,8,14H2,1-2H3. The molecule has 1 aromatic carbocycles. The number of nitrogens with one attached hydrogen (secondary N) is 1. The maximum atomic E-state index is 13.6. The molecule has 0 atom stereocenters. The first-order valence-corrected chi connectivity index (χ1v) is 7.87. The summed E-state index contributed by atoms with van der Waals surface area (Å²) >= 11 is 0. The molecule has 0 bridgehead atoms. The molecule has 0 aliphatic heterocycles. The second-order valence-corrected chi connectivity index (χ2v) is 6.35. The zero-order valence-electron chi connectivity index (χ0n) is 11.8. The molecule has 118 valence electrons. The van der Waals surface area contributed by atoms with Gasteiger partial charge in [0.05, 0.1) is 9.82 Å². The van der Waals surface area contributed by atoms with Gasteiger partial charge in [0.2, 0.25) is 15.8 Å². The predicted octanol–water partition coefficient (Wildman–Crippen LogP) is 1.53. The fraction of sp³-hybridized carbons (Fsp3) is 0.500. The minimum Gasteiger partial charge on any atom is -0.329 e. The Bertz CT molecular complexity index is 621. The lowest BCUT2D eigenvalue weighted by molar-refractivity contribution is -0.387. The Kier molecular flexibility index (Phi) is 5.37. The van der Waals surface area contributed by atoms with Crippen molar-refractivity contribution in [3.63, 3.8) is 0 Å². The predicted molar refractivity (Wildman–Crippen MR) is 75.7 cm³/mol. The lowest BCUT2D eigenvalue weighted by Gasteiger charge is -2.30. The molecule has 1 aromatic rings. The van der Waals surface area contributed by atoms with E-state index in [4.69, 9.17) is 5.73 Å². The maximum absolute atomic E-state index is 13.6. The summed E-state index contributed by atoms with van der Waals surface area (Å²) < 4.78 is 40.5. The van der Waals surface area contributed by atoms with Crippen molar-refractivity contribution in [1.29, 1.82) is 0 Å². The average molecular weight is 319 g/mol. The number of halogens is 1. The summed E-state index contributed by atoms with van der Waals surface area (Å²) in [7, 11) is -4.01. The molecular weight excluding hydrogens is 301 g/mol. The Morgan fingerprint density at radius 1 is 1.38 bits per heavy atom. The van der Waals surface area contributed by atoms with Gasteiger partial charge in [-0.05, 0) is 18.9 Å². The van der Waals surface area contributed by atoms with E-state index in [9.17, 15) is 22.9 Å². The lowest BCUT2D eigenvalue weighted by atomic mass is 9.95. The Morgan fingerprint density at radius 3 is 2.33 bits per heavy atom. The number of sulfonamides is 1. The number of hydrogen-bond donors (Lipinski definition) is 2. The summed E-state index contributed by atoms with van der Waals surface area (Å²) in [6, 6.07) is 2.45. The summed E-state index contributed by atoms with van der Waals surface area (Å²) in [5, 5.41) is 10.5. The highest BCUT2D eigenvalue weighted by atomic mass is 32.2. The zero-order valence-corrected chi connectivity index (χ0v) is 12.6. The zero-order chi connectivity index (χ0) is 16.3. The van der Waals surface area contributed by atoms with Crippen molar-refractivity contribution in [1.82, 2.24) is 4.72 Å². The molecule has 0 spiro atoms. The van der Waals surface area contributed by atoms with Crippen LogP contribution in [0.4, 0.5) is 10.1 Å². The van der Waals surface area contributed by atoms with Crippen molar-refractivity contribution >= 4 is 15.7 Å². The molecule has 0 saturated heterocycles. The van der Waals surface area contributed by atoms with Gasteiger partial charge in [-0.1, -0.05) is 13.8 Å². The number of nitrogens with zero attached hydrogens (tertiary/aromatic N) is 1. The third kappa shape index (κ3) is 3.74. The molecular formula is C12H18FN3O4S. The molecule has 0 aliphatic carbocycles. The van der Waals surface area contributed by atoms with Gasteiger partial charge in [-0.2, -0.15) is 4.39 Å². The van der Waals surface area contributed by atoms with Gasteiger partial charge in [-0.15, -0.1) is 0 Å². The number of benzene rings is 1. The van der Waals surface area contributed by atoms with Crippen LogP contribution >= 0.6 is 0 Å². The van der Waals surface area contributed by atoms with Gasteiger partial charge in [0.25, 0.3) is 0 Å². The van der Waals surface area contributed by atoms with E-state index in [0.717, 1.165) is 12.1 Å². The first-order valence-electron chi connectivity index (χ1n) is 6.39. The van der Waals surface area contributed by atoms with Crippen LogP contribution in [0.25, 0.3) is 0 Å². The molecule has 0 aromatic heterocycles. The minimum atomic E-state index is -4.01. The molecule has 1 rings (SSSR count). The van der Waals surface area contributed by atoms with E-state index in [0.29, 0.717) is 18.9 Å². The highest BCUT2D eigenvalue weighted by Crippen LogP contribution is 2.23. The molecule has 21 heavy (non-hydrogen) atoms. The highest BCUT2D eigenvalue weighted by Gasteiger charge is 2.31. The van der Waals surface area contributed by atoms with Crippen LogP contribution in [0.2, 0.25) is 0 Å². The van der Waals surface area contributed by atoms with Crippen LogP contribution in [0, 0.1) is 15.9 Å².